The summed E-state index contributed by atoms with van der Waals surface area (Å²) in [5, 5.41) is 18.8. The first-order valence-corrected chi connectivity index (χ1v) is 36.3. The van der Waals surface area contributed by atoms with Crippen LogP contribution in [0.5, 0.6) is 0 Å². The second-order valence-corrected chi connectivity index (χ2v) is 31.3. The van der Waals surface area contributed by atoms with Gasteiger partial charge in [-0.2, -0.15) is 5.26 Å². The van der Waals surface area contributed by atoms with Crippen LogP contribution in [0.2, 0.25) is 0 Å². The SMILES string of the molecule is [2H]c1c([2H])c([2H])c2c(c1[2H])c1cc(C#N)ccc1n2-c1ccc2c(c1)N(c1ccc(C(C)(C)C)cc1-c1ccccc1)c1cc(-c3cccc4c3sc3ccc5sc6ccccc6c5c34)cc3c1B2c1ccc(-n2c4ccccc4c4ccccc42)cc1N3c1ccc(C(C)(C)C)cc1-c1ccccc1. The predicted molar refractivity (Wildman–Crippen MR) is 433 cm³/mol. The van der Waals surface area contributed by atoms with Crippen molar-refractivity contribution in [3.63, 3.8) is 0 Å². The highest BCUT2D eigenvalue weighted by molar-refractivity contribution is 7.28. The summed E-state index contributed by atoms with van der Waals surface area (Å²) in [5.41, 5.74) is 23.2. The molecule has 101 heavy (non-hydrogen) atoms. The van der Waals surface area contributed by atoms with Gasteiger partial charge in [-0.05, 0) is 176 Å². The molecule has 0 saturated carbocycles. The molecule has 478 valence electrons. The van der Waals surface area contributed by atoms with Crippen LogP contribution in [0.1, 0.15) is 63.7 Å². The molecule has 4 aromatic heterocycles. The fraction of sp³-hybridized carbons (Fsp3) is 0.0860. The van der Waals surface area contributed by atoms with Crippen LogP contribution >= 0.6 is 22.7 Å². The lowest BCUT2D eigenvalue weighted by molar-refractivity contribution is 0.590. The summed E-state index contributed by atoms with van der Waals surface area (Å²) in [5.74, 6) is 0. The molecule has 0 aliphatic carbocycles. The summed E-state index contributed by atoms with van der Waals surface area (Å²) in [6, 6.07) is 99.4. The zero-order chi connectivity index (χ0) is 71.2. The van der Waals surface area contributed by atoms with Gasteiger partial charge in [0.25, 0.3) is 6.71 Å². The van der Waals surface area contributed by atoms with Crippen molar-refractivity contribution in [1.29, 1.82) is 5.26 Å². The molecule has 0 bridgehead atoms. The van der Waals surface area contributed by atoms with E-state index in [2.05, 4.69) is 311 Å². The summed E-state index contributed by atoms with van der Waals surface area (Å²) < 4.78 is 47.1. The lowest BCUT2D eigenvalue weighted by Crippen LogP contribution is -2.61. The predicted octanol–water partition coefficient (Wildman–Crippen LogP) is 24.2. The first kappa shape index (κ1) is 55.2. The van der Waals surface area contributed by atoms with Crippen LogP contribution < -0.4 is 26.2 Å². The Balaban J connectivity index is 0.963. The maximum atomic E-state index is 10.4. The van der Waals surface area contributed by atoms with E-state index < -0.39 is 0 Å². The number of nitriles is 1. The van der Waals surface area contributed by atoms with Gasteiger partial charge in [0.15, 0.2) is 0 Å². The molecule has 2 aliphatic rings. The van der Waals surface area contributed by atoms with Crippen molar-refractivity contribution in [3.8, 4) is 50.8 Å². The summed E-state index contributed by atoms with van der Waals surface area (Å²) in [4.78, 5) is 5.12. The fourth-order valence-corrected chi connectivity index (χ4v) is 19.0. The van der Waals surface area contributed by atoms with Crippen molar-refractivity contribution >= 4 is 164 Å². The average Bonchev–Trinajstić information content (AvgIpc) is 1.22. The molecule has 0 N–H and O–H groups in total. The molecule has 0 fully saturated rings. The van der Waals surface area contributed by atoms with E-state index in [0.717, 1.165) is 101 Å². The highest BCUT2D eigenvalue weighted by Gasteiger charge is 2.45. The summed E-state index contributed by atoms with van der Waals surface area (Å²) in [6.45, 7) is 13.4. The number of hydrogen-bond donors (Lipinski definition) is 0. The zero-order valence-corrected chi connectivity index (χ0v) is 58.2. The van der Waals surface area contributed by atoms with E-state index in [0.29, 0.717) is 33.1 Å². The number of benzene rings is 14. The molecule has 20 rings (SSSR count). The number of aromatic nitrogens is 2. The van der Waals surface area contributed by atoms with Crippen LogP contribution in [-0.2, 0) is 10.8 Å². The Labute approximate surface area is 600 Å². The number of anilines is 6. The maximum absolute atomic E-state index is 10.4. The van der Waals surface area contributed by atoms with E-state index in [1.165, 1.54) is 62.2 Å². The van der Waals surface area contributed by atoms with Crippen molar-refractivity contribution in [3.05, 3.63) is 308 Å². The fourth-order valence-electron chi connectivity index (χ4n) is 16.6. The highest BCUT2D eigenvalue weighted by atomic mass is 32.1. The molecule has 0 unspecified atom stereocenters. The van der Waals surface area contributed by atoms with Crippen LogP contribution in [0.15, 0.2) is 291 Å². The van der Waals surface area contributed by atoms with Crippen molar-refractivity contribution < 1.29 is 5.48 Å². The molecular weight excluding hydrogens is 1260 g/mol. The molecule has 0 amide bonds. The standard InChI is InChI=1S/C93H66BN5S2/c1-92(2,3)60-37-44-78(70(51-60)57-22-9-7-10-23-57)98-81-53-62(96-75-32-17-13-26-65(75)66-27-14-18-33-76(66)96)39-41-73(81)94-74-42-40-63(97-77-34-19-15-28-67(77)72-48-56(55-95)36-43-80(72)97)54-82(74)99(79-45-38-61(93(4,5)6)52-71(79)58-24-11-8-12-25-58)84-50-59(49-83(98)90(84)94)64-30-21-31-69-89-87(101-91(64)69)47-46-86-88(89)68-29-16-20-35-85(68)100-86/h7-54H,1-6H3/i15D,19D,28D,34D. The van der Waals surface area contributed by atoms with Gasteiger partial charge < -0.3 is 18.9 Å². The molecule has 2 aliphatic heterocycles. The minimum absolute atomic E-state index is 0.154. The van der Waals surface area contributed by atoms with Crippen LogP contribution in [0.25, 0.3) is 129 Å². The van der Waals surface area contributed by atoms with Gasteiger partial charge in [-0.3, -0.25) is 0 Å². The van der Waals surface area contributed by atoms with Gasteiger partial charge in [0.05, 0.1) is 50.6 Å². The van der Waals surface area contributed by atoms with Crippen LogP contribution in [-0.4, -0.2) is 15.8 Å². The van der Waals surface area contributed by atoms with E-state index in [-0.39, 0.29) is 41.7 Å². The Morgan fingerprint density at radius 2 is 0.881 bits per heavy atom. The highest BCUT2D eigenvalue weighted by Crippen LogP contribution is 2.54. The third-order valence-corrected chi connectivity index (χ3v) is 23.7. The van der Waals surface area contributed by atoms with Gasteiger partial charge in [-0.15, -0.1) is 22.7 Å². The largest absolute Gasteiger partial charge is 0.311 e. The van der Waals surface area contributed by atoms with Crippen LogP contribution in [0, 0.1) is 11.3 Å². The molecule has 0 atom stereocenters. The molecule has 14 aromatic carbocycles. The second-order valence-electron chi connectivity index (χ2n) is 29.2. The van der Waals surface area contributed by atoms with E-state index in [1.54, 1.807) is 12.1 Å². The van der Waals surface area contributed by atoms with E-state index in [1.807, 2.05) is 33.3 Å². The average molecular weight is 1330 g/mol. The van der Waals surface area contributed by atoms with Crippen molar-refractivity contribution in [1.82, 2.24) is 9.13 Å². The molecule has 0 spiro atoms. The van der Waals surface area contributed by atoms with Crippen LogP contribution in [0.4, 0.5) is 34.1 Å². The van der Waals surface area contributed by atoms with Crippen molar-refractivity contribution in [2.24, 2.45) is 0 Å². The number of thiophene rings is 2. The van der Waals surface area contributed by atoms with Gasteiger partial charge >= 0.3 is 0 Å². The molecule has 6 heterocycles. The minimum atomic E-state index is -0.375. The normalized spacial score (nSPS) is 13.5. The molecular formula is C93H66BN5S2. The van der Waals surface area contributed by atoms with Gasteiger partial charge in [0, 0.05) is 107 Å². The van der Waals surface area contributed by atoms with Gasteiger partial charge in [-0.25, -0.2) is 0 Å². The first-order valence-electron chi connectivity index (χ1n) is 36.6. The Morgan fingerprint density at radius 3 is 1.48 bits per heavy atom. The number of hydrogen-bond acceptors (Lipinski definition) is 5. The third kappa shape index (κ3) is 8.99. The van der Waals surface area contributed by atoms with Crippen molar-refractivity contribution in [2.75, 3.05) is 9.80 Å². The number of rotatable bonds is 7. The van der Waals surface area contributed by atoms with Crippen molar-refractivity contribution in [2.45, 2.75) is 52.4 Å². The summed E-state index contributed by atoms with van der Waals surface area (Å²) in [7, 11) is 0. The van der Waals surface area contributed by atoms with Gasteiger partial charge in [0.2, 0.25) is 0 Å². The number of para-hydroxylation sites is 3. The van der Waals surface area contributed by atoms with E-state index in [4.69, 9.17) is 1.37 Å². The summed E-state index contributed by atoms with van der Waals surface area (Å²) in [6.07, 6.45) is 0. The Hall–Kier alpha value is -11.7. The molecule has 8 heteroatoms. The third-order valence-electron chi connectivity index (χ3n) is 21.4. The Bertz CT molecular complexity index is 6790. The number of fused-ring (bicyclic) bond motifs is 17. The van der Waals surface area contributed by atoms with Gasteiger partial charge in [-0.1, -0.05) is 217 Å². The Morgan fingerprint density at radius 1 is 0.366 bits per heavy atom. The number of nitrogens with zero attached hydrogens (tertiary/aromatic N) is 5. The van der Waals surface area contributed by atoms with E-state index in [9.17, 15) is 9.37 Å². The quantitative estimate of drug-likeness (QED) is 0.149. The smallest absolute Gasteiger partial charge is 0.252 e. The summed E-state index contributed by atoms with van der Waals surface area (Å²) >= 11 is 3.72. The molecule has 18 aromatic rings. The minimum Gasteiger partial charge on any atom is -0.311 e. The van der Waals surface area contributed by atoms with Gasteiger partial charge in [0.1, 0.15) is 0 Å². The van der Waals surface area contributed by atoms with E-state index >= 15 is 0 Å². The monoisotopic (exact) mass is 1330 g/mol. The zero-order valence-electron chi connectivity index (χ0n) is 60.5. The topological polar surface area (TPSA) is 40.1 Å². The molecule has 0 radical (unpaired) electrons. The lowest BCUT2D eigenvalue weighted by Gasteiger charge is -2.45. The second kappa shape index (κ2) is 22.1. The Kier molecular flexibility index (Phi) is 12.1. The molecule has 0 saturated heterocycles. The molecule has 5 nitrogen and oxygen atoms in total. The lowest BCUT2D eigenvalue weighted by atomic mass is 9.33. The first-order chi connectivity index (χ1) is 51.0. The maximum Gasteiger partial charge on any atom is 0.252 e. The van der Waals surface area contributed by atoms with Crippen LogP contribution in [0.3, 0.4) is 0 Å².